The van der Waals surface area contributed by atoms with Crippen LogP contribution >= 0.6 is 0 Å². The molecule has 0 radical (unpaired) electrons. The summed E-state index contributed by atoms with van der Waals surface area (Å²) in [7, 11) is 0. The predicted octanol–water partition coefficient (Wildman–Crippen LogP) is -0.634. The molecule has 2 atom stereocenters. The number of primary amides is 1. The monoisotopic (exact) mass is 243 g/mol. The van der Waals surface area contributed by atoms with Crippen molar-refractivity contribution in [3.05, 3.63) is 0 Å². The Morgan fingerprint density at radius 2 is 2.12 bits per heavy atom. The second-order valence-corrected chi connectivity index (χ2v) is 4.20. The summed E-state index contributed by atoms with van der Waals surface area (Å²) in [6, 6.07) is -1.20. The zero-order chi connectivity index (χ0) is 13.0. The van der Waals surface area contributed by atoms with Crippen molar-refractivity contribution in [3.63, 3.8) is 0 Å². The number of carboxylic acids is 1. The number of piperidine rings is 1. The summed E-state index contributed by atoms with van der Waals surface area (Å²) >= 11 is 0. The third-order valence-corrected chi connectivity index (χ3v) is 2.82. The van der Waals surface area contributed by atoms with Crippen LogP contribution in [-0.4, -0.2) is 47.0 Å². The van der Waals surface area contributed by atoms with E-state index in [1.807, 2.05) is 0 Å². The molecule has 1 rings (SSSR count). The van der Waals surface area contributed by atoms with E-state index >= 15 is 0 Å². The smallest absolute Gasteiger partial charge is 0.318 e. The molecule has 0 bridgehead atoms. The maximum Gasteiger partial charge on any atom is 0.318 e. The molecule has 7 heteroatoms. The molecule has 1 aliphatic rings. The lowest BCUT2D eigenvalue weighted by molar-refractivity contribution is -0.143. The second kappa shape index (κ2) is 5.51. The van der Waals surface area contributed by atoms with Gasteiger partial charge in [-0.1, -0.05) is 0 Å². The van der Waals surface area contributed by atoms with Crippen molar-refractivity contribution < 1.29 is 19.5 Å². The van der Waals surface area contributed by atoms with Crippen molar-refractivity contribution in [2.24, 2.45) is 11.7 Å². The Bertz CT molecular complexity index is 332. The number of nitrogens with zero attached hydrogens (tertiary/aromatic N) is 1. The van der Waals surface area contributed by atoms with Gasteiger partial charge in [0.15, 0.2) is 0 Å². The van der Waals surface area contributed by atoms with E-state index in [-0.39, 0.29) is 6.54 Å². The number of urea groups is 1. The highest BCUT2D eigenvalue weighted by Crippen LogP contribution is 2.16. The van der Waals surface area contributed by atoms with Gasteiger partial charge >= 0.3 is 12.0 Å². The molecule has 1 heterocycles. The zero-order valence-electron chi connectivity index (χ0n) is 9.68. The van der Waals surface area contributed by atoms with Crippen LogP contribution in [0, 0.1) is 5.92 Å². The van der Waals surface area contributed by atoms with E-state index in [9.17, 15) is 14.4 Å². The number of nitrogens with one attached hydrogen (secondary N) is 1. The molecule has 1 aliphatic heterocycles. The first-order chi connectivity index (χ1) is 7.91. The Hall–Kier alpha value is -1.79. The first-order valence-electron chi connectivity index (χ1n) is 5.49. The number of aliphatic carboxylic acids is 1. The molecule has 0 aliphatic carbocycles. The molecule has 1 unspecified atom stereocenters. The lowest BCUT2D eigenvalue weighted by Crippen LogP contribution is -2.51. The van der Waals surface area contributed by atoms with Gasteiger partial charge in [0.1, 0.15) is 6.04 Å². The van der Waals surface area contributed by atoms with E-state index in [4.69, 9.17) is 10.8 Å². The maximum atomic E-state index is 11.7. The van der Waals surface area contributed by atoms with Crippen molar-refractivity contribution in [1.29, 1.82) is 0 Å². The minimum absolute atomic E-state index is 0.173. The zero-order valence-corrected chi connectivity index (χ0v) is 9.68. The Balaban J connectivity index is 2.52. The Morgan fingerprint density at radius 1 is 1.47 bits per heavy atom. The van der Waals surface area contributed by atoms with Gasteiger partial charge in [-0.15, -0.1) is 0 Å². The van der Waals surface area contributed by atoms with Gasteiger partial charge in [0, 0.05) is 13.1 Å². The van der Waals surface area contributed by atoms with Crippen LogP contribution in [0.1, 0.15) is 19.8 Å². The van der Waals surface area contributed by atoms with Gasteiger partial charge in [-0.05, 0) is 19.8 Å². The third kappa shape index (κ3) is 3.61. The molecule has 0 aromatic rings. The van der Waals surface area contributed by atoms with Crippen molar-refractivity contribution >= 4 is 17.9 Å². The summed E-state index contributed by atoms with van der Waals surface area (Å²) in [5, 5.41) is 11.3. The lowest BCUT2D eigenvalue weighted by Gasteiger charge is -2.31. The predicted molar refractivity (Wildman–Crippen MR) is 59.1 cm³/mol. The third-order valence-electron chi connectivity index (χ3n) is 2.82. The molecule has 3 amide bonds. The van der Waals surface area contributed by atoms with Gasteiger partial charge in [-0.2, -0.15) is 0 Å². The molecular formula is C10H17N3O4. The maximum absolute atomic E-state index is 11.7. The molecule has 0 aromatic carbocycles. The van der Waals surface area contributed by atoms with Crippen LogP contribution in [0.5, 0.6) is 0 Å². The van der Waals surface area contributed by atoms with Gasteiger partial charge < -0.3 is 21.1 Å². The largest absolute Gasteiger partial charge is 0.481 e. The molecule has 1 saturated heterocycles. The minimum atomic E-state index is -0.898. The molecule has 96 valence electrons. The van der Waals surface area contributed by atoms with Crippen molar-refractivity contribution in [2.45, 2.75) is 25.8 Å². The Labute approximate surface area is 98.9 Å². The summed E-state index contributed by atoms with van der Waals surface area (Å²) < 4.78 is 0. The number of nitrogens with two attached hydrogens (primary N) is 1. The number of carbonyl (C=O) groups excluding carboxylic acids is 2. The highest BCUT2D eigenvalue weighted by Gasteiger charge is 2.28. The fourth-order valence-corrected chi connectivity index (χ4v) is 1.71. The normalized spacial score (nSPS) is 21.7. The number of likely N-dealkylation sites (tertiary alicyclic amines) is 1. The average Bonchev–Trinajstić information content (AvgIpc) is 2.28. The first-order valence-corrected chi connectivity index (χ1v) is 5.49. The molecular weight excluding hydrogens is 226 g/mol. The van der Waals surface area contributed by atoms with E-state index in [1.165, 1.54) is 11.8 Å². The van der Waals surface area contributed by atoms with E-state index in [1.54, 1.807) is 0 Å². The summed E-state index contributed by atoms with van der Waals surface area (Å²) in [5.41, 5.74) is 5.02. The van der Waals surface area contributed by atoms with Crippen molar-refractivity contribution in [3.8, 4) is 0 Å². The number of amides is 3. The minimum Gasteiger partial charge on any atom is -0.481 e. The summed E-state index contributed by atoms with van der Waals surface area (Å²) in [6.45, 7) is 2.16. The molecule has 1 fully saturated rings. The average molecular weight is 243 g/mol. The summed E-state index contributed by atoms with van der Waals surface area (Å²) in [4.78, 5) is 34.7. The highest BCUT2D eigenvalue weighted by molar-refractivity contribution is 5.85. The quantitative estimate of drug-likeness (QED) is 0.612. The Kier molecular flexibility index (Phi) is 4.30. The summed E-state index contributed by atoms with van der Waals surface area (Å²) in [6.07, 6.45) is 1.22. The van der Waals surface area contributed by atoms with Crippen LogP contribution in [0.15, 0.2) is 0 Å². The Morgan fingerprint density at radius 3 is 2.65 bits per heavy atom. The number of hydrogen-bond acceptors (Lipinski definition) is 3. The van der Waals surface area contributed by atoms with Gasteiger partial charge in [0.25, 0.3) is 0 Å². The van der Waals surface area contributed by atoms with Crippen LogP contribution < -0.4 is 11.1 Å². The number of rotatable bonds is 3. The van der Waals surface area contributed by atoms with Crippen molar-refractivity contribution in [2.75, 3.05) is 13.1 Å². The van der Waals surface area contributed by atoms with Crippen LogP contribution in [-0.2, 0) is 9.59 Å². The molecule has 0 saturated carbocycles. The number of carboxylic acid groups (broad SMARTS) is 1. The highest BCUT2D eigenvalue weighted by atomic mass is 16.4. The first kappa shape index (κ1) is 13.3. The SMILES string of the molecule is CC(NC(=O)N1CCC[C@@H](C(=O)O)C1)C(N)=O. The van der Waals surface area contributed by atoms with Crippen LogP contribution in [0.2, 0.25) is 0 Å². The van der Waals surface area contributed by atoms with Crippen LogP contribution in [0.4, 0.5) is 4.79 Å². The van der Waals surface area contributed by atoms with Crippen LogP contribution in [0.3, 0.4) is 0 Å². The van der Waals surface area contributed by atoms with E-state index in [0.29, 0.717) is 19.4 Å². The van der Waals surface area contributed by atoms with Crippen molar-refractivity contribution in [1.82, 2.24) is 10.2 Å². The molecule has 0 aromatic heterocycles. The molecule has 4 N–H and O–H groups in total. The van der Waals surface area contributed by atoms with E-state index in [2.05, 4.69) is 5.32 Å². The number of hydrogen-bond donors (Lipinski definition) is 3. The van der Waals surface area contributed by atoms with E-state index < -0.39 is 29.9 Å². The van der Waals surface area contributed by atoms with Gasteiger partial charge in [0.2, 0.25) is 5.91 Å². The molecule has 0 spiro atoms. The fourth-order valence-electron chi connectivity index (χ4n) is 1.71. The lowest BCUT2D eigenvalue weighted by atomic mass is 9.99. The van der Waals surface area contributed by atoms with Gasteiger partial charge in [-0.25, -0.2) is 4.79 Å². The van der Waals surface area contributed by atoms with Crippen LogP contribution in [0.25, 0.3) is 0 Å². The van der Waals surface area contributed by atoms with Gasteiger partial charge in [0.05, 0.1) is 5.92 Å². The standard InChI is InChI=1S/C10H17N3O4/c1-6(8(11)14)12-10(17)13-4-2-3-7(5-13)9(15)16/h6-7H,2-5H2,1H3,(H2,11,14)(H,12,17)(H,15,16)/t6?,7-/m1/s1. The number of carbonyl (C=O) groups is 3. The fraction of sp³-hybridized carbons (Fsp3) is 0.700. The second-order valence-electron chi connectivity index (χ2n) is 4.20. The molecule has 17 heavy (non-hydrogen) atoms. The molecule has 7 nitrogen and oxygen atoms in total. The van der Waals surface area contributed by atoms with E-state index in [0.717, 1.165) is 0 Å². The van der Waals surface area contributed by atoms with Gasteiger partial charge in [-0.3, -0.25) is 9.59 Å². The summed E-state index contributed by atoms with van der Waals surface area (Å²) in [5.74, 6) is -2.05. The topological polar surface area (TPSA) is 113 Å².